The van der Waals surface area contributed by atoms with Gasteiger partial charge in [0.15, 0.2) is 6.10 Å². The normalized spacial score (nSPS) is 13.3. The Labute approximate surface area is 441 Å². The Morgan fingerprint density at radius 3 is 0.875 bits per heavy atom. The van der Waals surface area contributed by atoms with E-state index in [1.807, 2.05) is 0 Å². The first-order chi connectivity index (χ1) is 35.5. The van der Waals surface area contributed by atoms with Gasteiger partial charge in [0.25, 0.3) is 0 Å². The van der Waals surface area contributed by atoms with Gasteiger partial charge in [0.2, 0.25) is 0 Å². The Kier molecular flexibility index (Phi) is 54.6. The van der Waals surface area contributed by atoms with Gasteiger partial charge in [-0.25, -0.2) is 0 Å². The minimum atomic E-state index is -0.811. The van der Waals surface area contributed by atoms with Gasteiger partial charge in [-0.05, 0) is 128 Å². The predicted molar refractivity (Wildman–Crippen MR) is 311 cm³/mol. The molecule has 0 heterocycles. The van der Waals surface area contributed by atoms with E-state index in [1.165, 1.54) is 19.3 Å². The summed E-state index contributed by atoms with van der Waals surface area (Å²) < 4.78 is 16.7. The highest BCUT2D eigenvalue weighted by Gasteiger charge is 2.19. The summed E-state index contributed by atoms with van der Waals surface area (Å²) >= 11 is 0. The van der Waals surface area contributed by atoms with Crippen LogP contribution >= 0.6 is 0 Å². The third kappa shape index (κ3) is 56.0. The van der Waals surface area contributed by atoms with Crippen molar-refractivity contribution in [2.75, 3.05) is 13.2 Å². The first-order valence-corrected chi connectivity index (χ1v) is 28.5. The largest absolute Gasteiger partial charge is 0.462 e. The van der Waals surface area contributed by atoms with Crippen LogP contribution in [0.15, 0.2) is 158 Å². The van der Waals surface area contributed by atoms with Crippen LogP contribution in [0.25, 0.3) is 0 Å². The lowest BCUT2D eigenvalue weighted by Gasteiger charge is -2.18. The van der Waals surface area contributed by atoms with Gasteiger partial charge < -0.3 is 14.2 Å². The molecular formula is C66H102O6. The van der Waals surface area contributed by atoms with Crippen molar-refractivity contribution in [3.05, 3.63) is 158 Å². The fourth-order valence-corrected chi connectivity index (χ4v) is 7.07. The van der Waals surface area contributed by atoms with E-state index in [2.05, 4.69) is 179 Å². The van der Waals surface area contributed by atoms with Gasteiger partial charge in [-0.15, -0.1) is 0 Å². The molecule has 0 aliphatic carbocycles. The van der Waals surface area contributed by atoms with E-state index in [0.29, 0.717) is 19.3 Å². The molecule has 6 heteroatoms. The number of carbonyl (C=O) groups excluding carboxylic acids is 3. The predicted octanol–water partition coefficient (Wildman–Crippen LogP) is 19.4. The zero-order valence-electron chi connectivity index (χ0n) is 45.9. The van der Waals surface area contributed by atoms with Crippen LogP contribution in [0, 0.1) is 0 Å². The Balaban J connectivity index is 4.33. The van der Waals surface area contributed by atoms with Crippen LogP contribution in [-0.2, 0) is 28.6 Å². The number of esters is 3. The monoisotopic (exact) mass is 991 g/mol. The lowest BCUT2D eigenvalue weighted by molar-refractivity contribution is -0.167. The zero-order chi connectivity index (χ0) is 52.2. The summed E-state index contributed by atoms with van der Waals surface area (Å²) in [6, 6.07) is 0. The molecule has 0 bridgehead atoms. The molecular weight excluding hydrogens is 889 g/mol. The molecule has 402 valence electrons. The van der Waals surface area contributed by atoms with Gasteiger partial charge in [0.1, 0.15) is 13.2 Å². The lowest BCUT2D eigenvalue weighted by atomic mass is 10.1. The van der Waals surface area contributed by atoms with Crippen molar-refractivity contribution in [1.29, 1.82) is 0 Å². The van der Waals surface area contributed by atoms with E-state index in [-0.39, 0.29) is 37.5 Å². The van der Waals surface area contributed by atoms with Crippen LogP contribution in [0.2, 0.25) is 0 Å². The summed E-state index contributed by atoms with van der Waals surface area (Å²) in [5, 5.41) is 0. The number of ether oxygens (including phenoxy) is 3. The maximum absolute atomic E-state index is 12.8. The highest BCUT2D eigenvalue weighted by atomic mass is 16.6. The van der Waals surface area contributed by atoms with Gasteiger partial charge in [0, 0.05) is 19.3 Å². The van der Waals surface area contributed by atoms with Crippen molar-refractivity contribution < 1.29 is 28.6 Å². The Hall–Kier alpha value is -4.97. The third-order valence-corrected chi connectivity index (χ3v) is 11.3. The van der Waals surface area contributed by atoms with Crippen molar-refractivity contribution in [2.24, 2.45) is 0 Å². The fraction of sp³-hybridized carbons (Fsp3) is 0.561. The maximum atomic E-state index is 12.8. The molecule has 0 aliphatic heterocycles. The Bertz CT molecular complexity index is 1660. The van der Waals surface area contributed by atoms with Gasteiger partial charge in [0.05, 0.1) is 0 Å². The molecule has 0 aliphatic rings. The minimum Gasteiger partial charge on any atom is -0.462 e. The van der Waals surface area contributed by atoms with Crippen molar-refractivity contribution >= 4 is 17.9 Å². The number of rotatable bonds is 49. The average molecular weight is 992 g/mol. The molecule has 6 nitrogen and oxygen atoms in total. The number of unbranched alkanes of at least 4 members (excludes halogenated alkanes) is 12. The van der Waals surface area contributed by atoms with Crippen LogP contribution in [0.3, 0.4) is 0 Å². The van der Waals surface area contributed by atoms with Crippen molar-refractivity contribution in [2.45, 2.75) is 226 Å². The summed E-state index contributed by atoms with van der Waals surface area (Å²) in [4.78, 5) is 37.9. The van der Waals surface area contributed by atoms with E-state index < -0.39 is 6.10 Å². The molecule has 1 unspecified atom stereocenters. The van der Waals surface area contributed by atoms with E-state index >= 15 is 0 Å². The van der Waals surface area contributed by atoms with E-state index in [9.17, 15) is 14.4 Å². The fourth-order valence-electron chi connectivity index (χ4n) is 7.07. The second kappa shape index (κ2) is 58.6. The van der Waals surface area contributed by atoms with Crippen molar-refractivity contribution in [3.8, 4) is 0 Å². The molecule has 0 N–H and O–H groups in total. The smallest absolute Gasteiger partial charge is 0.306 e. The van der Waals surface area contributed by atoms with Gasteiger partial charge in [-0.3, -0.25) is 14.4 Å². The molecule has 0 aromatic heterocycles. The molecule has 0 aromatic rings. The Morgan fingerprint density at radius 1 is 0.292 bits per heavy atom. The molecule has 1 atom stereocenters. The average Bonchev–Trinajstić information content (AvgIpc) is 3.38. The summed E-state index contributed by atoms with van der Waals surface area (Å²) in [7, 11) is 0. The summed E-state index contributed by atoms with van der Waals surface area (Å²) in [6.45, 7) is 6.27. The number of hydrogen-bond acceptors (Lipinski definition) is 6. The molecule has 72 heavy (non-hydrogen) atoms. The number of allylic oxidation sites excluding steroid dienone is 26. The molecule has 0 aromatic carbocycles. The van der Waals surface area contributed by atoms with Crippen LogP contribution in [-0.4, -0.2) is 37.2 Å². The highest BCUT2D eigenvalue weighted by Crippen LogP contribution is 2.12. The SMILES string of the molecule is CC/C=C\C/C=C\C/C=C\C/C=C\C/C=C\C/C=C\C/C=C\C/C=C\CCCCC(=O)OCC(COC(=O)CCCCCCCC)OC(=O)CCCCCCC/C=C\C/C=C\C/C=C\C/C=C\C/C=C\CC. The van der Waals surface area contributed by atoms with Crippen molar-refractivity contribution in [3.63, 3.8) is 0 Å². The number of hydrogen-bond donors (Lipinski definition) is 0. The van der Waals surface area contributed by atoms with Gasteiger partial charge in [-0.2, -0.15) is 0 Å². The topological polar surface area (TPSA) is 78.9 Å². The van der Waals surface area contributed by atoms with Gasteiger partial charge in [-0.1, -0.05) is 230 Å². The highest BCUT2D eigenvalue weighted by molar-refractivity contribution is 5.71. The van der Waals surface area contributed by atoms with Crippen LogP contribution in [0.1, 0.15) is 220 Å². The molecule has 0 fully saturated rings. The second-order valence-corrected chi connectivity index (χ2v) is 18.1. The van der Waals surface area contributed by atoms with Crippen LogP contribution in [0.4, 0.5) is 0 Å². The molecule has 0 spiro atoms. The molecule has 0 amide bonds. The lowest BCUT2D eigenvalue weighted by Crippen LogP contribution is -2.30. The third-order valence-electron chi connectivity index (χ3n) is 11.3. The maximum Gasteiger partial charge on any atom is 0.306 e. The standard InChI is InChI=1S/C66H102O6/c1-4-7-10-13-16-18-20-22-24-26-28-30-31-32-33-34-35-37-38-40-42-44-46-48-50-53-56-59-65(68)71-62-63(61-70-64(67)58-55-52-15-12-9-6-3)72-66(69)60-57-54-51-49-47-45-43-41-39-36-29-27-25-23-21-19-17-14-11-8-5-2/h7-8,10-11,16-19,22-25,28-30,32-33,35-37,40-43,46,48,63H,4-6,9,12-15,20-21,26-27,31,34,38-39,44-45,47,49-62H2,1-3H3/b10-7-,11-8-,18-16-,19-17-,24-22-,25-23-,30-28-,33-32-,36-29-,37-35-,42-40-,43-41-,48-46-. The molecule has 0 saturated heterocycles. The van der Waals surface area contributed by atoms with E-state index in [0.717, 1.165) is 154 Å². The Morgan fingerprint density at radius 2 is 0.542 bits per heavy atom. The van der Waals surface area contributed by atoms with E-state index in [1.54, 1.807) is 0 Å². The number of carbonyl (C=O) groups is 3. The van der Waals surface area contributed by atoms with Crippen LogP contribution in [0.5, 0.6) is 0 Å². The molecule has 0 rings (SSSR count). The first-order valence-electron chi connectivity index (χ1n) is 28.5. The molecule has 0 radical (unpaired) electrons. The summed E-state index contributed by atoms with van der Waals surface area (Å²) in [5.74, 6) is -0.992. The van der Waals surface area contributed by atoms with Crippen LogP contribution < -0.4 is 0 Å². The zero-order valence-corrected chi connectivity index (χ0v) is 45.9. The molecule has 0 saturated carbocycles. The first kappa shape index (κ1) is 67.0. The van der Waals surface area contributed by atoms with Gasteiger partial charge >= 0.3 is 17.9 Å². The quantitative estimate of drug-likeness (QED) is 0.0262. The van der Waals surface area contributed by atoms with E-state index in [4.69, 9.17) is 14.2 Å². The van der Waals surface area contributed by atoms with Crippen molar-refractivity contribution in [1.82, 2.24) is 0 Å². The second-order valence-electron chi connectivity index (χ2n) is 18.1. The summed E-state index contributed by atoms with van der Waals surface area (Å²) in [6.07, 6.45) is 85.5. The minimum absolute atomic E-state index is 0.107. The summed E-state index contributed by atoms with van der Waals surface area (Å²) in [5.41, 5.74) is 0.